The van der Waals surface area contributed by atoms with Gasteiger partial charge in [-0.2, -0.15) is 0 Å². The van der Waals surface area contributed by atoms with E-state index in [4.69, 9.17) is 37.4 Å². The molecule has 0 fully saturated rings. The van der Waals surface area contributed by atoms with Gasteiger partial charge >= 0.3 is 0 Å². The Labute approximate surface area is 139 Å². The lowest BCUT2D eigenvalue weighted by molar-refractivity contribution is 0.347. The van der Waals surface area contributed by atoms with Gasteiger partial charge in [0.25, 0.3) is 0 Å². The van der Waals surface area contributed by atoms with Crippen molar-refractivity contribution in [2.24, 2.45) is 0 Å². The summed E-state index contributed by atoms with van der Waals surface area (Å²) in [7, 11) is 4.80. The van der Waals surface area contributed by atoms with Gasteiger partial charge in [-0.15, -0.1) is 0 Å². The van der Waals surface area contributed by atoms with E-state index in [0.717, 1.165) is 11.3 Å². The second-order valence-electron chi connectivity index (χ2n) is 4.50. The summed E-state index contributed by atoms with van der Waals surface area (Å²) in [6.45, 7) is 0.543. The maximum atomic E-state index is 6.01. The number of hydrogen-bond donors (Lipinski definition) is 1. The molecule has 0 spiro atoms. The molecule has 2 rings (SSSR count). The fraction of sp³-hybridized carbons (Fsp3) is 0.250. The van der Waals surface area contributed by atoms with Crippen LogP contribution in [0.5, 0.6) is 17.2 Å². The Morgan fingerprint density at radius 3 is 2.05 bits per heavy atom. The minimum atomic E-state index is 0.506. The van der Waals surface area contributed by atoms with Crippen LogP contribution >= 0.6 is 23.2 Å². The third kappa shape index (κ3) is 3.70. The van der Waals surface area contributed by atoms with Gasteiger partial charge in [0.1, 0.15) is 5.75 Å². The van der Waals surface area contributed by atoms with E-state index in [1.54, 1.807) is 39.5 Å². The quantitative estimate of drug-likeness (QED) is 0.831. The average molecular weight is 342 g/mol. The molecule has 22 heavy (non-hydrogen) atoms. The summed E-state index contributed by atoms with van der Waals surface area (Å²) in [6, 6.07) is 9.06. The van der Waals surface area contributed by atoms with Crippen molar-refractivity contribution < 1.29 is 14.2 Å². The van der Waals surface area contributed by atoms with Gasteiger partial charge in [-0.1, -0.05) is 23.2 Å². The van der Waals surface area contributed by atoms with Gasteiger partial charge in [0.15, 0.2) is 11.5 Å². The van der Waals surface area contributed by atoms with Crippen LogP contribution in [0.1, 0.15) is 5.56 Å². The highest BCUT2D eigenvalue weighted by molar-refractivity contribution is 6.42. The number of nitrogens with one attached hydrogen (secondary N) is 1. The maximum absolute atomic E-state index is 6.01. The highest BCUT2D eigenvalue weighted by Gasteiger charge is 2.11. The number of anilines is 1. The lowest BCUT2D eigenvalue weighted by Gasteiger charge is -2.15. The Bertz CT molecular complexity index is 662. The van der Waals surface area contributed by atoms with Gasteiger partial charge in [0, 0.05) is 23.9 Å². The van der Waals surface area contributed by atoms with Gasteiger partial charge in [-0.05, 0) is 24.3 Å². The molecular formula is C16H17Cl2NO3. The lowest BCUT2D eigenvalue weighted by Crippen LogP contribution is -2.03. The molecule has 0 saturated heterocycles. The molecule has 2 aromatic rings. The molecule has 0 amide bonds. The largest absolute Gasteiger partial charge is 0.496 e. The minimum Gasteiger partial charge on any atom is -0.496 e. The monoisotopic (exact) mass is 341 g/mol. The summed E-state index contributed by atoms with van der Waals surface area (Å²) in [5, 5.41) is 4.30. The Balaban J connectivity index is 2.22. The summed E-state index contributed by atoms with van der Waals surface area (Å²) in [6.07, 6.45) is 0. The lowest BCUT2D eigenvalue weighted by atomic mass is 10.1. The molecule has 0 radical (unpaired) electrons. The molecule has 0 aliphatic rings. The van der Waals surface area contributed by atoms with Crippen LogP contribution in [0.25, 0.3) is 0 Å². The van der Waals surface area contributed by atoms with Gasteiger partial charge in [-0.25, -0.2) is 0 Å². The van der Waals surface area contributed by atoms with Crippen molar-refractivity contribution >= 4 is 28.9 Å². The fourth-order valence-electron chi connectivity index (χ4n) is 2.03. The Hall–Kier alpha value is -1.78. The molecule has 0 bridgehead atoms. The van der Waals surface area contributed by atoms with E-state index in [-0.39, 0.29) is 0 Å². The topological polar surface area (TPSA) is 39.7 Å². The molecule has 118 valence electrons. The predicted molar refractivity (Wildman–Crippen MR) is 89.9 cm³/mol. The second-order valence-corrected chi connectivity index (χ2v) is 5.32. The van der Waals surface area contributed by atoms with Crippen LogP contribution in [0.15, 0.2) is 30.3 Å². The maximum Gasteiger partial charge on any atom is 0.164 e. The molecule has 0 heterocycles. The van der Waals surface area contributed by atoms with Gasteiger partial charge in [0.2, 0.25) is 0 Å². The van der Waals surface area contributed by atoms with Gasteiger partial charge in [-0.3, -0.25) is 0 Å². The highest BCUT2D eigenvalue weighted by atomic mass is 35.5. The standard InChI is InChI=1S/C16H17Cl2NO3/c1-20-14-8-16(22-3)15(21-2)6-10(14)9-19-11-4-5-12(17)13(18)7-11/h4-8,19H,9H2,1-3H3. The molecule has 0 saturated carbocycles. The van der Waals surface area contributed by atoms with Crippen LogP contribution in [0, 0.1) is 0 Å². The summed E-state index contributed by atoms with van der Waals surface area (Å²) >= 11 is 11.9. The molecule has 1 N–H and O–H groups in total. The van der Waals surface area contributed by atoms with E-state index in [2.05, 4.69) is 5.32 Å². The zero-order chi connectivity index (χ0) is 16.1. The van der Waals surface area contributed by atoms with E-state index in [1.165, 1.54) is 0 Å². The van der Waals surface area contributed by atoms with Crippen LogP contribution in [0.4, 0.5) is 5.69 Å². The molecule has 0 atom stereocenters. The summed E-state index contributed by atoms with van der Waals surface area (Å²) in [4.78, 5) is 0. The van der Waals surface area contributed by atoms with Crippen LogP contribution in [0.3, 0.4) is 0 Å². The van der Waals surface area contributed by atoms with Crippen molar-refractivity contribution in [2.45, 2.75) is 6.54 Å². The van der Waals surface area contributed by atoms with Gasteiger partial charge < -0.3 is 19.5 Å². The highest BCUT2D eigenvalue weighted by Crippen LogP contribution is 2.35. The fourth-order valence-corrected chi connectivity index (χ4v) is 2.33. The third-order valence-corrected chi connectivity index (χ3v) is 3.93. The van der Waals surface area contributed by atoms with Gasteiger partial charge in [0.05, 0.1) is 31.4 Å². The molecule has 4 nitrogen and oxygen atoms in total. The predicted octanol–water partition coefficient (Wildman–Crippen LogP) is 4.63. The van der Waals surface area contributed by atoms with Crippen molar-refractivity contribution in [3.05, 3.63) is 45.9 Å². The number of hydrogen-bond acceptors (Lipinski definition) is 4. The van der Waals surface area contributed by atoms with Crippen molar-refractivity contribution in [3.8, 4) is 17.2 Å². The molecular weight excluding hydrogens is 325 g/mol. The van der Waals surface area contributed by atoms with E-state index in [1.807, 2.05) is 12.1 Å². The normalized spacial score (nSPS) is 10.2. The molecule has 2 aromatic carbocycles. The SMILES string of the molecule is COc1cc(OC)c(OC)cc1CNc1ccc(Cl)c(Cl)c1. The number of methoxy groups -OCH3 is 3. The Morgan fingerprint density at radius 2 is 1.45 bits per heavy atom. The van der Waals surface area contributed by atoms with Crippen LogP contribution in [-0.4, -0.2) is 21.3 Å². The minimum absolute atomic E-state index is 0.506. The molecule has 0 aliphatic heterocycles. The summed E-state index contributed by atoms with van der Waals surface area (Å²) in [5.41, 5.74) is 1.80. The van der Waals surface area contributed by atoms with Crippen LogP contribution < -0.4 is 19.5 Å². The summed E-state index contributed by atoms with van der Waals surface area (Å²) in [5.74, 6) is 1.98. The average Bonchev–Trinajstić information content (AvgIpc) is 2.55. The van der Waals surface area contributed by atoms with Crippen molar-refractivity contribution in [2.75, 3.05) is 26.6 Å². The number of halogens is 2. The Kier molecular flexibility index (Phi) is 5.63. The Morgan fingerprint density at radius 1 is 0.818 bits per heavy atom. The molecule has 0 unspecified atom stereocenters. The van der Waals surface area contributed by atoms with Crippen LogP contribution in [0.2, 0.25) is 10.0 Å². The van der Waals surface area contributed by atoms with E-state index >= 15 is 0 Å². The number of ether oxygens (including phenoxy) is 3. The number of rotatable bonds is 6. The number of benzene rings is 2. The van der Waals surface area contributed by atoms with Crippen molar-refractivity contribution in [3.63, 3.8) is 0 Å². The first-order valence-electron chi connectivity index (χ1n) is 6.56. The molecule has 6 heteroatoms. The van der Waals surface area contributed by atoms with E-state index < -0.39 is 0 Å². The van der Waals surface area contributed by atoms with E-state index in [9.17, 15) is 0 Å². The first kappa shape index (κ1) is 16.6. The van der Waals surface area contributed by atoms with Crippen molar-refractivity contribution in [1.82, 2.24) is 0 Å². The van der Waals surface area contributed by atoms with Crippen LogP contribution in [-0.2, 0) is 6.54 Å². The first-order chi connectivity index (χ1) is 10.6. The van der Waals surface area contributed by atoms with E-state index in [0.29, 0.717) is 33.8 Å². The summed E-state index contributed by atoms with van der Waals surface area (Å²) < 4.78 is 16.0. The zero-order valence-corrected chi connectivity index (χ0v) is 14.1. The first-order valence-corrected chi connectivity index (χ1v) is 7.32. The zero-order valence-electron chi connectivity index (χ0n) is 12.6. The second kappa shape index (κ2) is 7.47. The molecule has 0 aromatic heterocycles. The third-order valence-electron chi connectivity index (χ3n) is 3.19. The smallest absolute Gasteiger partial charge is 0.164 e. The molecule has 0 aliphatic carbocycles. The van der Waals surface area contributed by atoms with Crippen molar-refractivity contribution in [1.29, 1.82) is 0 Å².